The van der Waals surface area contributed by atoms with Crippen molar-refractivity contribution in [3.05, 3.63) is 0 Å². The third-order valence-corrected chi connectivity index (χ3v) is 9.01. The van der Waals surface area contributed by atoms with Gasteiger partial charge in [-0.15, -0.1) is 0 Å². The first-order chi connectivity index (χ1) is 7.71. The maximum absolute atomic E-state index is 11.9. The molecule has 2 rings (SSSR count). The van der Waals surface area contributed by atoms with Crippen molar-refractivity contribution in [3.8, 4) is 0 Å². The van der Waals surface area contributed by atoms with Crippen LogP contribution in [0.3, 0.4) is 0 Å². The summed E-state index contributed by atoms with van der Waals surface area (Å²) in [6.07, 6.45) is 3.24. The molecule has 1 aliphatic carbocycles. The Hall–Kier alpha value is -0.353. The highest BCUT2D eigenvalue weighted by Gasteiger charge is 2.46. The Morgan fingerprint density at radius 2 is 1.88 bits per heavy atom. The summed E-state index contributed by atoms with van der Waals surface area (Å²) in [4.78, 5) is 11.9. The van der Waals surface area contributed by atoms with E-state index in [-0.39, 0.29) is 17.0 Å². The average molecular weight is 255 g/mol. The molecular formula is C13H25NO2Si. The average Bonchev–Trinajstić information content (AvgIpc) is 2.92. The molecular weight excluding hydrogens is 230 g/mol. The molecule has 4 heteroatoms. The molecule has 1 amide bonds. The van der Waals surface area contributed by atoms with Gasteiger partial charge in [-0.25, -0.2) is 0 Å². The van der Waals surface area contributed by atoms with Crippen molar-refractivity contribution in [2.24, 2.45) is 5.92 Å². The normalized spacial score (nSPS) is 30.5. The summed E-state index contributed by atoms with van der Waals surface area (Å²) in [5, 5.41) is 3.27. The molecule has 0 radical (unpaired) electrons. The van der Waals surface area contributed by atoms with E-state index in [1.165, 1.54) is 12.8 Å². The van der Waals surface area contributed by atoms with Crippen LogP contribution in [0.25, 0.3) is 0 Å². The van der Waals surface area contributed by atoms with E-state index in [1.807, 2.05) is 0 Å². The lowest BCUT2D eigenvalue weighted by atomic mass is 10.1. The lowest BCUT2D eigenvalue weighted by Crippen LogP contribution is -2.45. The summed E-state index contributed by atoms with van der Waals surface area (Å²) in [7, 11) is -1.82. The molecule has 17 heavy (non-hydrogen) atoms. The predicted molar refractivity (Wildman–Crippen MR) is 71.3 cm³/mol. The van der Waals surface area contributed by atoms with Gasteiger partial charge in [0, 0.05) is 12.5 Å². The second-order valence-corrected chi connectivity index (χ2v) is 11.8. The van der Waals surface area contributed by atoms with Gasteiger partial charge in [0.2, 0.25) is 5.91 Å². The highest BCUT2D eigenvalue weighted by Crippen LogP contribution is 2.41. The summed E-state index contributed by atoms with van der Waals surface area (Å²) in [5.41, 5.74) is 0. The summed E-state index contributed by atoms with van der Waals surface area (Å²) in [5.74, 6) is 0.846. The maximum atomic E-state index is 11.9. The summed E-state index contributed by atoms with van der Waals surface area (Å²) >= 11 is 0. The predicted octanol–water partition coefficient (Wildman–Crippen LogP) is 2.68. The van der Waals surface area contributed by atoms with Gasteiger partial charge in [0.05, 0.1) is 0 Å². The van der Waals surface area contributed by atoms with Crippen LogP contribution in [-0.4, -0.2) is 26.4 Å². The summed E-state index contributed by atoms with van der Waals surface area (Å²) in [6.45, 7) is 11.1. The number of carbonyl (C=O) groups excluding carboxylic acids is 1. The second kappa shape index (κ2) is 4.09. The van der Waals surface area contributed by atoms with Crippen molar-refractivity contribution in [3.63, 3.8) is 0 Å². The molecule has 2 fully saturated rings. The van der Waals surface area contributed by atoms with Crippen molar-refractivity contribution in [1.29, 1.82) is 0 Å². The lowest BCUT2D eigenvalue weighted by molar-refractivity contribution is -0.125. The van der Waals surface area contributed by atoms with Gasteiger partial charge in [-0.2, -0.15) is 0 Å². The largest absolute Gasteiger partial charge is 0.405 e. The molecule has 0 aromatic rings. The van der Waals surface area contributed by atoms with Crippen LogP contribution >= 0.6 is 0 Å². The fourth-order valence-corrected chi connectivity index (χ4v) is 3.38. The Kier molecular flexibility index (Phi) is 3.15. The topological polar surface area (TPSA) is 38.3 Å². The van der Waals surface area contributed by atoms with Gasteiger partial charge in [-0.05, 0) is 36.9 Å². The molecule has 2 aliphatic rings. The van der Waals surface area contributed by atoms with Crippen molar-refractivity contribution in [2.75, 3.05) is 0 Å². The maximum Gasteiger partial charge on any atom is 0.248 e. The molecule has 1 saturated heterocycles. The zero-order valence-electron chi connectivity index (χ0n) is 11.7. The molecule has 2 unspecified atom stereocenters. The summed E-state index contributed by atoms with van der Waals surface area (Å²) < 4.78 is 6.21. The Bertz CT molecular complexity index is 318. The minimum Gasteiger partial charge on any atom is -0.405 e. The first-order valence-corrected chi connectivity index (χ1v) is 9.60. The summed E-state index contributed by atoms with van der Waals surface area (Å²) in [6, 6.07) is 0.386. The number of nitrogens with one attached hydrogen (secondary N) is 1. The van der Waals surface area contributed by atoms with Crippen LogP contribution in [-0.2, 0) is 9.22 Å². The number of amides is 1. The van der Waals surface area contributed by atoms with Crippen LogP contribution in [0, 0.1) is 5.92 Å². The van der Waals surface area contributed by atoms with Gasteiger partial charge in [0.1, 0.15) is 6.10 Å². The molecule has 1 saturated carbocycles. The first kappa shape index (κ1) is 13.1. The van der Waals surface area contributed by atoms with Crippen LogP contribution in [0.2, 0.25) is 18.1 Å². The van der Waals surface area contributed by atoms with Crippen LogP contribution in [0.1, 0.15) is 40.0 Å². The number of carbonyl (C=O) groups is 1. The van der Waals surface area contributed by atoms with E-state index in [2.05, 4.69) is 39.2 Å². The van der Waals surface area contributed by atoms with Crippen molar-refractivity contribution in [1.82, 2.24) is 5.32 Å². The van der Waals surface area contributed by atoms with E-state index >= 15 is 0 Å². The van der Waals surface area contributed by atoms with E-state index in [4.69, 9.17) is 4.43 Å². The Balaban J connectivity index is 1.97. The molecule has 0 aromatic carbocycles. The van der Waals surface area contributed by atoms with Crippen molar-refractivity contribution in [2.45, 2.75) is 70.3 Å². The van der Waals surface area contributed by atoms with Gasteiger partial charge >= 0.3 is 0 Å². The molecule has 0 bridgehead atoms. The quantitative estimate of drug-likeness (QED) is 0.787. The molecule has 1 aliphatic heterocycles. The van der Waals surface area contributed by atoms with Crippen molar-refractivity contribution >= 4 is 14.2 Å². The van der Waals surface area contributed by atoms with E-state index in [0.29, 0.717) is 6.04 Å². The molecule has 1 heterocycles. The minimum atomic E-state index is -1.82. The van der Waals surface area contributed by atoms with Crippen LogP contribution in [0.4, 0.5) is 0 Å². The lowest BCUT2D eigenvalue weighted by Gasteiger charge is -2.37. The van der Waals surface area contributed by atoms with E-state index in [1.54, 1.807) is 0 Å². The fourth-order valence-electron chi connectivity index (χ4n) is 2.12. The zero-order valence-corrected chi connectivity index (χ0v) is 12.7. The second-order valence-electron chi connectivity index (χ2n) is 7.06. The Labute approximate surface area is 105 Å². The number of hydrogen-bond acceptors (Lipinski definition) is 2. The van der Waals surface area contributed by atoms with E-state index in [0.717, 1.165) is 12.3 Å². The van der Waals surface area contributed by atoms with Gasteiger partial charge in [0.15, 0.2) is 8.32 Å². The monoisotopic (exact) mass is 255 g/mol. The minimum absolute atomic E-state index is 0.117. The standard InChI is InChI=1S/C13H25NO2Si/c1-13(2,3)17(4,5)16-11-8-10(9-6-7-9)14-12(11)15/h9-11H,6-8H2,1-5H3,(H,14,15). The van der Waals surface area contributed by atoms with E-state index < -0.39 is 8.32 Å². The number of rotatable bonds is 3. The third-order valence-electron chi connectivity index (χ3n) is 4.52. The van der Waals surface area contributed by atoms with Crippen molar-refractivity contribution < 1.29 is 9.22 Å². The highest BCUT2D eigenvalue weighted by atomic mass is 28.4. The third kappa shape index (κ3) is 2.73. The molecule has 1 N–H and O–H groups in total. The molecule has 3 nitrogen and oxygen atoms in total. The molecule has 0 aromatic heterocycles. The number of hydrogen-bond donors (Lipinski definition) is 1. The van der Waals surface area contributed by atoms with Crippen LogP contribution < -0.4 is 5.32 Å². The van der Waals surface area contributed by atoms with Crippen LogP contribution in [0.5, 0.6) is 0 Å². The first-order valence-electron chi connectivity index (χ1n) is 6.69. The SMILES string of the molecule is CC(C)(C)[Si](C)(C)OC1CC(C2CC2)NC1=O. The highest BCUT2D eigenvalue weighted by molar-refractivity contribution is 6.74. The van der Waals surface area contributed by atoms with Gasteiger partial charge in [-0.3, -0.25) is 4.79 Å². The van der Waals surface area contributed by atoms with Gasteiger partial charge in [-0.1, -0.05) is 20.8 Å². The Morgan fingerprint density at radius 1 is 1.29 bits per heavy atom. The smallest absolute Gasteiger partial charge is 0.248 e. The molecule has 0 spiro atoms. The van der Waals surface area contributed by atoms with Crippen LogP contribution in [0.15, 0.2) is 0 Å². The van der Waals surface area contributed by atoms with Gasteiger partial charge < -0.3 is 9.74 Å². The molecule has 2 atom stereocenters. The Morgan fingerprint density at radius 3 is 2.35 bits per heavy atom. The molecule has 98 valence electrons. The van der Waals surface area contributed by atoms with Gasteiger partial charge in [0.25, 0.3) is 0 Å². The zero-order chi connectivity index (χ0) is 12.8. The fraction of sp³-hybridized carbons (Fsp3) is 0.923. The van der Waals surface area contributed by atoms with E-state index in [9.17, 15) is 4.79 Å².